The lowest BCUT2D eigenvalue weighted by Crippen LogP contribution is -2.46. The Bertz CT molecular complexity index is 491. The number of hydrogen-bond acceptors (Lipinski definition) is 3. The summed E-state index contributed by atoms with van der Waals surface area (Å²) in [6, 6.07) is 0. The molecule has 1 aliphatic heterocycles. The van der Waals surface area contributed by atoms with Crippen molar-refractivity contribution in [1.82, 2.24) is 14.7 Å². The van der Waals surface area contributed by atoms with Crippen LogP contribution in [0.2, 0.25) is 0 Å². The zero-order chi connectivity index (χ0) is 14.2. The largest absolute Gasteiger partial charge is 0.380 e. The first-order valence-corrected chi connectivity index (χ1v) is 7.56. The predicted octanol–water partition coefficient (Wildman–Crippen LogP) is 1.12. The number of hydrogen-bond donors (Lipinski definition) is 1. The summed E-state index contributed by atoms with van der Waals surface area (Å²) in [7, 11) is 1.92. The van der Waals surface area contributed by atoms with Crippen molar-refractivity contribution in [2.45, 2.75) is 44.1 Å². The normalized spacial score (nSPS) is 25.3. The fraction of sp³-hybridized carbons (Fsp3) is 0.733. The van der Waals surface area contributed by atoms with E-state index in [1.165, 1.54) is 5.56 Å². The van der Waals surface area contributed by atoms with E-state index in [-0.39, 0.29) is 5.91 Å². The lowest BCUT2D eigenvalue weighted by molar-refractivity contribution is -0.149. The van der Waals surface area contributed by atoms with E-state index < -0.39 is 5.60 Å². The Kier molecular flexibility index (Phi) is 3.54. The van der Waals surface area contributed by atoms with E-state index in [4.69, 9.17) is 0 Å². The quantitative estimate of drug-likeness (QED) is 0.900. The molecule has 0 bridgehead atoms. The first kappa shape index (κ1) is 13.6. The van der Waals surface area contributed by atoms with Gasteiger partial charge in [0.2, 0.25) is 0 Å². The van der Waals surface area contributed by atoms with Crippen LogP contribution in [0.1, 0.15) is 37.7 Å². The van der Waals surface area contributed by atoms with Gasteiger partial charge in [0, 0.05) is 26.3 Å². The molecule has 1 aliphatic carbocycles. The number of carbonyl (C=O) groups excluding carboxylic acids is 1. The van der Waals surface area contributed by atoms with Crippen molar-refractivity contribution in [3.63, 3.8) is 0 Å². The molecule has 1 amide bonds. The molecule has 1 aromatic rings. The van der Waals surface area contributed by atoms with Gasteiger partial charge in [-0.05, 0) is 50.0 Å². The first-order chi connectivity index (χ1) is 9.57. The van der Waals surface area contributed by atoms with E-state index in [1.54, 1.807) is 0 Å². The maximum atomic E-state index is 12.4. The zero-order valence-corrected chi connectivity index (χ0v) is 12.1. The van der Waals surface area contributed by atoms with E-state index in [1.807, 2.05) is 29.0 Å². The monoisotopic (exact) mass is 277 g/mol. The van der Waals surface area contributed by atoms with Crippen molar-refractivity contribution in [3.05, 3.63) is 18.0 Å². The van der Waals surface area contributed by atoms with Crippen LogP contribution in [0.25, 0.3) is 0 Å². The molecule has 1 saturated carbocycles. The van der Waals surface area contributed by atoms with Crippen LogP contribution in [0.4, 0.5) is 0 Å². The van der Waals surface area contributed by atoms with Crippen molar-refractivity contribution in [2.75, 3.05) is 13.1 Å². The molecular formula is C15H23N3O2. The Morgan fingerprint density at radius 3 is 2.90 bits per heavy atom. The molecule has 20 heavy (non-hydrogen) atoms. The average molecular weight is 277 g/mol. The van der Waals surface area contributed by atoms with Crippen LogP contribution in [0.5, 0.6) is 0 Å². The highest BCUT2D eigenvalue weighted by atomic mass is 16.3. The number of nitrogens with zero attached hydrogens (tertiary/aromatic N) is 3. The second-order valence-corrected chi connectivity index (χ2v) is 6.37. The van der Waals surface area contributed by atoms with Gasteiger partial charge in [0.1, 0.15) is 5.60 Å². The van der Waals surface area contributed by atoms with Crippen molar-refractivity contribution < 1.29 is 9.90 Å². The molecule has 0 spiro atoms. The number of rotatable bonds is 3. The van der Waals surface area contributed by atoms with Crippen LogP contribution in [0.15, 0.2) is 12.4 Å². The molecule has 5 heteroatoms. The summed E-state index contributed by atoms with van der Waals surface area (Å²) in [5, 5.41) is 14.6. The summed E-state index contributed by atoms with van der Waals surface area (Å²) in [6.45, 7) is 1.56. The number of carbonyl (C=O) groups is 1. The summed E-state index contributed by atoms with van der Waals surface area (Å²) in [6.07, 6.45) is 9.13. The Labute approximate surface area is 119 Å². The molecule has 0 aromatic carbocycles. The Morgan fingerprint density at radius 1 is 1.50 bits per heavy atom. The van der Waals surface area contributed by atoms with E-state index in [0.717, 1.165) is 38.8 Å². The van der Waals surface area contributed by atoms with Gasteiger partial charge in [0.25, 0.3) is 5.91 Å². The molecule has 2 heterocycles. The van der Waals surface area contributed by atoms with Crippen LogP contribution in [-0.2, 0) is 18.3 Å². The summed E-state index contributed by atoms with van der Waals surface area (Å²) in [4.78, 5) is 14.3. The van der Waals surface area contributed by atoms with Gasteiger partial charge in [-0.2, -0.15) is 5.10 Å². The van der Waals surface area contributed by atoms with E-state index in [9.17, 15) is 9.90 Å². The SMILES string of the molecule is Cn1cc(CC2CCN(C(=O)C3(O)CCCC3)C2)cn1. The highest BCUT2D eigenvalue weighted by Crippen LogP contribution is 2.33. The standard InChI is InChI=1S/C15H23N3O2/c1-17-10-13(9-16-17)8-12-4-7-18(11-12)14(19)15(20)5-2-3-6-15/h9-10,12,20H,2-8,11H2,1H3. The summed E-state index contributed by atoms with van der Waals surface area (Å²) < 4.78 is 1.81. The Hall–Kier alpha value is -1.36. The second kappa shape index (κ2) is 5.20. The van der Waals surface area contributed by atoms with Crippen molar-refractivity contribution in [2.24, 2.45) is 13.0 Å². The molecule has 3 rings (SSSR count). The minimum atomic E-state index is -1.07. The third-order valence-corrected chi connectivity index (χ3v) is 4.68. The number of amides is 1. The molecule has 5 nitrogen and oxygen atoms in total. The van der Waals surface area contributed by atoms with Crippen molar-refractivity contribution >= 4 is 5.91 Å². The molecule has 1 atom stereocenters. The molecule has 110 valence electrons. The molecule has 1 aromatic heterocycles. The zero-order valence-electron chi connectivity index (χ0n) is 12.1. The molecule has 1 unspecified atom stereocenters. The van der Waals surface area contributed by atoms with E-state index >= 15 is 0 Å². The Balaban J connectivity index is 1.58. The number of aryl methyl sites for hydroxylation is 1. The second-order valence-electron chi connectivity index (χ2n) is 6.37. The topological polar surface area (TPSA) is 58.4 Å². The average Bonchev–Trinajstić information content (AvgIpc) is 3.12. The maximum Gasteiger partial charge on any atom is 0.254 e. The van der Waals surface area contributed by atoms with Gasteiger partial charge in [0.05, 0.1) is 6.20 Å². The lowest BCUT2D eigenvalue weighted by Gasteiger charge is -2.27. The molecule has 1 N–H and O–H groups in total. The van der Waals surface area contributed by atoms with Gasteiger partial charge in [-0.15, -0.1) is 0 Å². The summed E-state index contributed by atoms with van der Waals surface area (Å²) >= 11 is 0. The fourth-order valence-corrected chi connectivity index (χ4v) is 3.56. The van der Waals surface area contributed by atoms with Crippen molar-refractivity contribution in [3.8, 4) is 0 Å². The molecule has 2 fully saturated rings. The minimum Gasteiger partial charge on any atom is -0.380 e. The van der Waals surface area contributed by atoms with Crippen LogP contribution in [-0.4, -0.2) is 44.4 Å². The fourth-order valence-electron chi connectivity index (χ4n) is 3.56. The highest BCUT2D eigenvalue weighted by Gasteiger charge is 2.43. The van der Waals surface area contributed by atoms with Gasteiger partial charge in [-0.1, -0.05) is 0 Å². The highest BCUT2D eigenvalue weighted by molar-refractivity contribution is 5.85. The van der Waals surface area contributed by atoms with Gasteiger partial charge < -0.3 is 10.0 Å². The van der Waals surface area contributed by atoms with Crippen LogP contribution in [0, 0.1) is 5.92 Å². The number of likely N-dealkylation sites (tertiary alicyclic amines) is 1. The summed E-state index contributed by atoms with van der Waals surface area (Å²) in [5.41, 5.74) is 0.162. The van der Waals surface area contributed by atoms with E-state index in [2.05, 4.69) is 5.10 Å². The molecule has 2 aliphatic rings. The Morgan fingerprint density at radius 2 is 2.25 bits per heavy atom. The van der Waals surface area contributed by atoms with Crippen LogP contribution < -0.4 is 0 Å². The van der Waals surface area contributed by atoms with Gasteiger partial charge in [0.15, 0.2) is 0 Å². The molecular weight excluding hydrogens is 254 g/mol. The predicted molar refractivity (Wildman–Crippen MR) is 75.0 cm³/mol. The van der Waals surface area contributed by atoms with Crippen molar-refractivity contribution in [1.29, 1.82) is 0 Å². The summed E-state index contributed by atoms with van der Waals surface area (Å²) in [5.74, 6) is 0.455. The third kappa shape index (κ3) is 2.59. The van der Waals surface area contributed by atoms with E-state index in [0.29, 0.717) is 18.8 Å². The first-order valence-electron chi connectivity index (χ1n) is 7.56. The third-order valence-electron chi connectivity index (χ3n) is 4.68. The number of aromatic nitrogens is 2. The van der Waals surface area contributed by atoms with Gasteiger partial charge in [-0.3, -0.25) is 9.48 Å². The smallest absolute Gasteiger partial charge is 0.254 e. The van der Waals surface area contributed by atoms with Crippen LogP contribution in [0.3, 0.4) is 0 Å². The molecule has 0 radical (unpaired) electrons. The van der Waals surface area contributed by atoms with Gasteiger partial charge >= 0.3 is 0 Å². The molecule has 1 saturated heterocycles. The maximum absolute atomic E-state index is 12.4. The van der Waals surface area contributed by atoms with Gasteiger partial charge in [-0.25, -0.2) is 0 Å². The lowest BCUT2D eigenvalue weighted by atomic mass is 10.00. The van der Waals surface area contributed by atoms with Crippen LogP contribution >= 0.6 is 0 Å². The number of aliphatic hydroxyl groups is 1. The minimum absolute atomic E-state index is 0.0383.